The van der Waals surface area contributed by atoms with Crippen LogP contribution in [0.15, 0.2) is 18.2 Å². The van der Waals surface area contributed by atoms with Gasteiger partial charge in [0.15, 0.2) is 11.5 Å². The quantitative estimate of drug-likeness (QED) is 0.908. The summed E-state index contributed by atoms with van der Waals surface area (Å²) in [6.07, 6.45) is 0.0189. The fraction of sp³-hybridized carbons (Fsp3) is 0.600. The van der Waals surface area contributed by atoms with Crippen molar-refractivity contribution in [3.05, 3.63) is 23.8 Å². The molecule has 4 rings (SSSR count). The highest BCUT2D eigenvalue weighted by Crippen LogP contribution is 2.43. The van der Waals surface area contributed by atoms with E-state index in [-0.39, 0.29) is 11.5 Å². The summed E-state index contributed by atoms with van der Waals surface area (Å²) in [4.78, 5) is 2.31. The summed E-state index contributed by atoms with van der Waals surface area (Å²) in [6.45, 7) is 2.56. The van der Waals surface area contributed by atoms with Crippen molar-refractivity contribution >= 4 is 0 Å². The second-order valence-corrected chi connectivity index (χ2v) is 6.07. The van der Waals surface area contributed by atoms with Crippen LogP contribution in [-0.4, -0.2) is 36.4 Å². The number of alkyl halides is 2. The van der Waals surface area contributed by atoms with Crippen molar-refractivity contribution in [3.8, 4) is 11.5 Å². The molecule has 3 heterocycles. The Balaban J connectivity index is 1.52. The van der Waals surface area contributed by atoms with Crippen molar-refractivity contribution in [2.75, 3.05) is 13.1 Å². The van der Waals surface area contributed by atoms with Crippen LogP contribution < -0.4 is 14.8 Å². The molecule has 0 radical (unpaired) electrons. The molecule has 0 amide bonds. The zero-order valence-electron chi connectivity index (χ0n) is 11.6. The van der Waals surface area contributed by atoms with E-state index in [1.807, 2.05) is 6.07 Å². The van der Waals surface area contributed by atoms with E-state index in [1.54, 1.807) is 6.07 Å². The molecule has 0 saturated carbocycles. The summed E-state index contributed by atoms with van der Waals surface area (Å²) in [5.74, 6) is 0.317. The van der Waals surface area contributed by atoms with Crippen molar-refractivity contribution in [2.45, 2.75) is 44.2 Å². The minimum absolute atomic E-state index is 0.131. The van der Waals surface area contributed by atoms with Crippen LogP contribution in [0.25, 0.3) is 0 Å². The molecule has 2 bridgehead atoms. The van der Waals surface area contributed by atoms with Crippen molar-refractivity contribution in [1.29, 1.82) is 0 Å². The number of nitrogens with one attached hydrogen (secondary N) is 1. The molecule has 0 aromatic heterocycles. The molecule has 1 aromatic carbocycles. The van der Waals surface area contributed by atoms with Crippen LogP contribution in [0.1, 0.15) is 24.8 Å². The van der Waals surface area contributed by atoms with E-state index in [0.717, 1.165) is 25.1 Å². The molecule has 0 aliphatic carbocycles. The van der Waals surface area contributed by atoms with E-state index in [0.29, 0.717) is 18.6 Å². The van der Waals surface area contributed by atoms with Crippen molar-refractivity contribution in [2.24, 2.45) is 0 Å². The van der Waals surface area contributed by atoms with Gasteiger partial charge in [0.25, 0.3) is 0 Å². The van der Waals surface area contributed by atoms with Gasteiger partial charge < -0.3 is 14.8 Å². The van der Waals surface area contributed by atoms with Gasteiger partial charge in [-0.15, -0.1) is 8.78 Å². The Bertz CT molecular complexity index is 552. The first-order chi connectivity index (χ1) is 10.1. The van der Waals surface area contributed by atoms with E-state index >= 15 is 0 Å². The second kappa shape index (κ2) is 4.81. The SMILES string of the molecule is FC1(F)Oc2cccc(CN3CC[C@H]4CC[C@@H](C3)N4)c2O1. The minimum atomic E-state index is -3.54. The molecule has 1 aromatic rings. The van der Waals surface area contributed by atoms with Crippen molar-refractivity contribution < 1.29 is 18.3 Å². The molecule has 6 heteroatoms. The number of nitrogens with zero attached hydrogens (tertiary/aromatic N) is 1. The van der Waals surface area contributed by atoms with E-state index in [4.69, 9.17) is 0 Å². The van der Waals surface area contributed by atoms with Crippen LogP contribution in [-0.2, 0) is 6.54 Å². The van der Waals surface area contributed by atoms with Gasteiger partial charge >= 0.3 is 6.29 Å². The number of likely N-dealkylation sites (tertiary alicyclic amines) is 1. The van der Waals surface area contributed by atoms with E-state index in [9.17, 15) is 8.78 Å². The van der Waals surface area contributed by atoms with Gasteiger partial charge in [-0.05, 0) is 25.3 Å². The van der Waals surface area contributed by atoms with Crippen LogP contribution in [0.4, 0.5) is 8.78 Å². The highest BCUT2D eigenvalue weighted by Gasteiger charge is 2.44. The zero-order valence-corrected chi connectivity index (χ0v) is 11.6. The maximum absolute atomic E-state index is 13.2. The molecule has 4 nitrogen and oxygen atoms in total. The second-order valence-electron chi connectivity index (χ2n) is 6.07. The standard InChI is InChI=1S/C15H18F2N2O2/c16-15(17)20-13-3-1-2-10(14(13)21-15)8-19-7-6-11-4-5-12(9-19)18-11/h1-3,11-12,18H,4-9H2/t11-,12+/m1/s1. The Hall–Kier alpha value is -1.40. The van der Waals surface area contributed by atoms with Gasteiger partial charge in [-0.2, -0.15) is 0 Å². The Kier molecular flexibility index (Phi) is 3.04. The van der Waals surface area contributed by atoms with Gasteiger partial charge in [-0.3, -0.25) is 4.90 Å². The lowest BCUT2D eigenvalue weighted by Crippen LogP contribution is -2.35. The van der Waals surface area contributed by atoms with Crippen LogP contribution in [0.3, 0.4) is 0 Å². The Morgan fingerprint density at radius 2 is 2.05 bits per heavy atom. The topological polar surface area (TPSA) is 33.7 Å². The number of hydrogen-bond acceptors (Lipinski definition) is 4. The number of benzene rings is 1. The molecule has 2 atom stereocenters. The average molecular weight is 296 g/mol. The van der Waals surface area contributed by atoms with Crippen LogP contribution in [0.2, 0.25) is 0 Å². The molecular weight excluding hydrogens is 278 g/mol. The maximum atomic E-state index is 13.2. The number of fused-ring (bicyclic) bond motifs is 3. The van der Waals surface area contributed by atoms with Gasteiger partial charge in [-0.25, -0.2) is 0 Å². The number of halogens is 2. The largest absolute Gasteiger partial charge is 0.586 e. The van der Waals surface area contributed by atoms with Gasteiger partial charge in [0.2, 0.25) is 0 Å². The fourth-order valence-electron chi connectivity index (χ4n) is 3.55. The first-order valence-electron chi connectivity index (χ1n) is 7.45. The van der Waals surface area contributed by atoms with Crippen LogP contribution in [0.5, 0.6) is 11.5 Å². The highest BCUT2D eigenvalue weighted by atomic mass is 19.3. The molecular formula is C15H18F2N2O2. The third-order valence-corrected chi connectivity index (χ3v) is 4.51. The predicted octanol–water partition coefficient (Wildman–Crippen LogP) is 2.33. The summed E-state index contributed by atoms with van der Waals surface area (Å²) in [5, 5.41) is 3.62. The molecule has 0 spiro atoms. The first kappa shape index (κ1) is 13.3. The number of rotatable bonds is 2. The Morgan fingerprint density at radius 1 is 1.19 bits per heavy atom. The average Bonchev–Trinajstić information content (AvgIpc) is 2.91. The minimum Gasteiger partial charge on any atom is -0.395 e. The summed E-state index contributed by atoms with van der Waals surface area (Å²) in [7, 11) is 0. The molecule has 2 saturated heterocycles. The maximum Gasteiger partial charge on any atom is 0.586 e. The highest BCUT2D eigenvalue weighted by molar-refractivity contribution is 5.48. The third kappa shape index (κ3) is 2.58. The van der Waals surface area contributed by atoms with E-state index in [1.165, 1.54) is 18.9 Å². The Labute approximate surface area is 122 Å². The zero-order chi connectivity index (χ0) is 14.4. The molecule has 0 unspecified atom stereocenters. The molecule has 2 fully saturated rings. The monoisotopic (exact) mass is 296 g/mol. The third-order valence-electron chi connectivity index (χ3n) is 4.51. The van der Waals surface area contributed by atoms with Gasteiger partial charge in [-0.1, -0.05) is 12.1 Å². The molecule has 21 heavy (non-hydrogen) atoms. The fourth-order valence-corrected chi connectivity index (χ4v) is 3.55. The van der Waals surface area contributed by atoms with Crippen LogP contribution >= 0.6 is 0 Å². The van der Waals surface area contributed by atoms with E-state index < -0.39 is 6.29 Å². The molecule has 1 N–H and O–H groups in total. The van der Waals surface area contributed by atoms with Crippen molar-refractivity contribution in [3.63, 3.8) is 0 Å². The summed E-state index contributed by atoms with van der Waals surface area (Å²) >= 11 is 0. The molecule has 114 valence electrons. The summed E-state index contributed by atoms with van der Waals surface area (Å²) < 4.78 is 35.6. The lowest BCUT2D eigenvalue weighted by molar-refractivity contribution is -0.287. The van der Waals surface area contributed by atoms with Crippen LogP contribution in [0, 0.1) is 0 Å². The normalized spacial score (nSPS) is 30.4. The van der Waals surface area contributed by atoms with Gasteiger partial charge in [0, 0.05) is 37.3 Å². The van der Waals surface area contributed by atoms with Gasteiger partial charge in [0.05, 0.1) is 0 Å². The summed E-state index contributed by atoms with van der Waals surface area (Å²) in [6, 6.07) is 6.23. The number of ether oxygens (including phenoxy) is 2. The Morgan fingerprint density at radius 3 is 2.95 bits per heavy atom. The lowest BCUT2D eigenvalue weighted by Gasteiger charge is -2.24. The summed E-state index contributed by atoms with van der Waals surface area (Å²) in [5.41, 5.74) is 0.766. The number of hydrogen-bond donors (Lipinski definition) is 1. The van der Waals surface area contributed by atoms with Gasteiger partial charge in [0.1, 0.15) is 0 Å². The van der Waals surface area contributed by atoms with E-state index in [2.05, 4.69) is 19.7 Å². The smallest absolute Gasteiger partial charge is 0.395 e. The molecule has 3 aliphatic rings. The number of para-hydroxylation sites is 1. The lowest BCUT2D eigenvalue weighted by atomic mass is 10.1. The molecule has 3 aliphatic heterocycles. The van der Waals surface area contributed by atoms with Crippen molar-refractivity contribution in [1.82, 2.24) is 10.2 Å². The predicted molar refractivity (Wildman–Crippen MR) is 72.5 cm³/mol. The first-order valence-corrected chi connectivity index (χ1v) is 7.45.